The highest BCUT2D eigenvalue weighted by Gasteiger charge is 2.15. The summed E-state index contributed by atoms with van der Waals surface area (Å²) in [6.45, 7) is 7.76. The number of halogens is 2. The molecule has 6 heteroatoms. The highest BCUT2D eigenvalue weighted by molar-refractivity contribution is 6.35. The van der Waals surface area contributed by atoms with Crippen molar-refractivity contribution in [2.45, 2.75) is 39.2 Å². The predicted octanol–water partition coefficient (Wildman–Crippen LogP) is 4.04. The number of benzene rings is 1. The Kier molecular flexibility index (Phi) is 8.01. The Labute approximate surface area is 142 Å². The molecule has 0 heterocycles. The van der Waals surface area contributed by atoms with E-state index < -0.39 is 5.60 Å². The third-order valence-corrected chi connectivity index (χ3v) is 3.37. The van der Waals surface area contributed by atoms with Crippen LogP contribution in [0.15, 0.2) is 18.2 Å². The second kappa shape index (κ2) is 9.23. The minimum Gasteiger partial charge on any atom is -0.444 e. The van der Waals surface area contributed by atoms with Gasteiger partial charge < -0.3 is 15.4 Å². The van der Waals surface area contributed by atoms with Gasteiger partial charge in [-0.15, -0.1) is 0 Å². The van der Waals surface area contributed by atoms with E-state index in [0.717, 1.165) is 31.5 Å². The Hall–Kier alpha value is -0.970. The van der Waals surface area contributed by atoms with Gasteiger partial charge in [-0.05, 0) is 64.4 Å². The fourth-order valence-electron chi connectivity index (χ4n) is 1.79. The minimum absolute atomic E-state index is 0.375. The third kappa shape index (κ3) is 8.47. The number of ether oxygens (including phenoxy) is 1. The monoisotopic (exact) mass is 346 g/mol. The van der Waals surface area contributed by atoms with E-state index in [4.69, 9.17) is 27.9 Å². The number of hydrogen-bond acceptors (Lipinski definition) is 3. The molecule has 0 bridgehead atoms. The average molecular weight is 347 g/mol. The van der Waals surface area contributed by atoms with Crippen molar-refractivity contribution in [1.82, 2.24) is 10.6 Å². The first-order chi connectivity index (χ1) is 10.3. The minimum atomic E-state index is -0.458. The van der Waals surface area contributed by atoms with Crippen molar-refractivity contribution in [1.29, 1.82) is 0 Å². The van der Waals surface area contributed by atoms with E-state index in [1.54, 1.807) is 6.07 Å². The quantitative estimate of drug-likeness (QED) is 0.732. The van der Waals surface area contributed by atoms with Crippen LogP contribution in [0.2, 0.25) is 10.0 Å². The van der Waals surface area contributed by atoms with Gasteiger partial charge in [0.25, 0.3) is 0 Å². The lowest BCUT2D eigenvalue weighted by Gasteiger charge is -2.19. The van der Waals surface area contributed by atoms with E-state index in [0.29, 0.717) is 16.6 Å². The van der Waals surface area contributed by atoms with Crippen LogP contribution in [-0.2, 0) is 11.2 Å². The highest BCUT2D eigenvalue weighted by Crippen LogP contribution is 2.20. The average Bonchev–Trinajstić information content (AvgIpc) is 2.37. The van der Waals surface area contributed by atoms with Gasteiger partial charge in [0.05, 0.1) is 0 Å². The zero-order chi connectivity index (χ0) is 16.6. The molecule has 4 nitrogen and oxygen atoms in total. The first kappa shape index (κ1) is 19.1. The summed E-state index contributed by atoms with van der Waals surface area (Å²) < 4.78 is 5.15. The van der Waals surface area contributed by atoms with E-state index >= 15 is 0 Å². The molecular formula is C16H24Cl2N2O2. The van der Waals surface area contributed by atoms with E-state index in [1.165, 1.54) is 0 Å². The highest BCUT2D eigenvalue weighted by atomic mass is 35.5. The molecular weight excluding hydrogens is 323 g/mol. The third-order valence-electron chi connectivity index (χ3n) is 2.78. The Morgan fingerprint density at radius 1 is 1.18 bits per heavy atom. The standard InChI is InChI=1S/C16H24Cl2N2O2/c1-16(2,3)22-15(21)20-9-4-8-19-10-7-12-5-6-13(17)11-14(12)18/h5-6,11,19H,4,7-10H2,1-3H3,(H,20,21). The lowest BCUT2D eigenvalue weighted by atomic mass is 10.1. The van der Waals surface area contributed by atoms with Gasteiger partial charge >= 0.3 is 6.09 Å². The maximum atomic E-state index is 11.4. The summed E-state index contributed by atoms with van der Waals surface area (Å²) in [5.41, 5.74) is 0.616. The number of rotatable bonds is 7. The molecule has 0 saturated carbocycles. The van der Waals surface area contributed by atoms with Crippen LogP contribution in [-0.4, -0.2) is 31.3 Å². The van der Waals surface area contributed by atoms with Gasteiger partial charge in [0.2, 0.25) is 0 Å². The van der Waals surface area contributed by atoms with Gasteiger partial charge in [-0.3, -0.25) is 0 Å². The van der Waals surface area contributed by atoms with Crippen LogP contribution in [0.1, 0.15) is 32.8 Å². The topological polar surface area (TPSA) is 50.4 Å². The fourth-order valence-corrected chi connectivity index (χ4v) is 2.29. The lowest BCUT2D eigenvalue weighted by molar-refractivity contribution is 0.0527. The van der Waals surface area contributed by atoms with Crippen molar-refractivity contribution in [3.05, 3.63) is 33.8 Å². The Morgan fingerprint density at radius 3 is 2.55 bits per heavy atom. The first-order valence-corrected chi connectivity index (χ1v) is 8.15. The normalized spacial score (nSPS) is 11.3. The van der Waals surface area contributed by atoms with Crippen molar-refractivity contribution in [3.8, 4) is 0 Å². The van der Waals surface area contributed by atoms with Gasteiger partial charge in [-0.1, -0.05) is 29.3 Å². The van der Waals surface area contributed by atoms with Crippen molar-refractivity contribution in [2.24, 2.45) is 0 Å². The van der Waals surface area contributed by atoms with Crippen molar-refractivity contribution < 1.29 is 9.53 Å². The molecule has 1 amide bonds. The molecule has 0 fully saturated rings. The smallest absolute Gasteiger partial charge is 0.407 e. The summed E-state index contributed by atoms with van der Waals surface area (Å²) >= 11 is 12.0. The maximum absolute atomic E-state index is 11.4. The Bertz CT molecular complexity index is 488. The van der Waals surface area contributed by atoms with Crippen LogP contribution in [0.25, 0.3) is 0 Å². The SMILES string of the molecule is CC(C)(C)OC(=O)NCCCNCCc1ccc(Cl)cc1Cl. The Balaban J connectivity index is 2.07. The number of carbonyl (C=O) groups excluding carboxylic acids is 1. The van der Waals surface area contributed by atoms with Crippen molar-refractivity contribution in [3.63, 3.8) is 0 Å². The fraction of sp³-hybridized carbons (Fsp3) is 0.562. The molecule has 0 spiro atoms. The zero-order valence-electron chi connectivity index (χ0n) is 13.3. The van der Waals surface area contributed by atoms with E-state index in [1.807, 2.05) is 32.9 Å². The summed E-state index contributed by atoms with van der Waals surface area (Å²) in [5.74, 6) is 0. The lowest BCUT2D eigenvalue weighted by Crippen LogP contribution is -2.34. The maximum Gasteiger partial charge on any atom is 0.407 e. The van der Waals surface area contributed by atoms with Crippen LogP contribution < -0.4 is 10.6 Å². The molecule has 124 valence electrons. The van der Waals surface area contributed by atoms with Crippen LogP contribution >= 0.6 is 23.2 Å². The molecule has 0 aliphatic carbocycles. The summed E-state index contributed by atoms with van der Waals surface area (Å²) in [6, 6.07) is 5.53. The number of amides is 1. The molecule has 1 rings (SSSR count). The molecule has 1 aromatic carbocycles. The molecule has 1 aromatic rings. The molecule has 0 aliphatic rings. The van der Waals surface area contributed by atoms with Gasteiger partial charge in [-0.2, -0.15) is 0 Å². The second-order valence-corrected chi connectivity index (χ2v) is 6.86. The largest absolute Gasteiger partial charge is 0.444 e. The number of carbonyl (C=O) groups is 1. The van der Waals surface area contributed by atoms with Crippen LogP contribution in [0.3, 0.4) is 0 Å². The molecule has 22 heavy (non-hydrogen) atoms. The molecule has 0 atom stereocenters. The van der Waals surface area contributed by atoms with Crippen molar-refractivity contribution in [2.75, 3.05) is 19.6 Å². The van der Waals surface area contributed by atoms with Gasteiger partial charge in [0.15, 0.2) is 0 Å². The van der Waals surface area contributed by atoms with Crippen LogP contribution in [0.4, 0.5) is 4.79 Å². The van der Waals surface area contributed by atoms with E-state index in [9.17, 15) is 4.79 Å². The molecule has 0 radical (unpaired) electrons. The Morgan fingerprint density at radius 2 is 1.91 bits per heavy atom. The second-order valence-electron chi connectivity index (χ2n) is 6.02. The molecule has 0 aromatic heterocycles. The van der Waals surface area contributed by atoms with Gasteiger partial charge in [-0.25, -0.2) is 4.79 Å². The molecule has 0 saturated heterocycles. The van der Waals surface area contributed by atoms with Gasteiger partial charge in [0, 0.05) is 16.6 Å². The van der Waals surface area contributed by atoms with Gasteiger partial charge in [0.1, 0.15) is 5.60 Å². The number of nitrogens with one attached hydrogen (secondary N) is 2. The summed E-state index contributed by atoms with van der Waals surface area (Å²) in [6.07, 6.45) is 1.31. The first-order valence-electron chi connectivity index (χ1n) is 7.39. The van der Waals surface area contributed by atoms with E-state index in [2.05, 4.69) is 10.6 Å². The predicted molar refractivity (Wildman–Crippen MR) is 91.9 cm³/mol. The van der Waals surface area contributed by atoms with E-state index in [-0.39, 0.29) is 6.09 Å². The van der Waals surface area contributed by atoms with Crippen LogP contribution in [0.5, 0.6) is 0 Å². The zero-order valence-corrected chi connectivity index (χ0v) is 14.9. The molecule has 0 aliphatic heterocycles. The number of alkyl carbamates (subject to hydrolysis) is 1. The van der Waals surface area contributed by atoms with Crippen molar-refractivity contribution >= 4 is 29.3 Å². The summed E-state index contributed by atoms with van der Waals surface area (Å²) in [5, 5.41) is 7.38. The molecule has 2 N–H and O–H groups in total. The summed E-state index contributed by atoms with van der Waals surface area (Å²) in [7, 11) is 0. The van der Waals surface area contributed by atoms with Crippen LogP contribution in [0, 0.1) is 0 Å². The summed E-state index contributed by atoms with van der Waals surface area (Å²) in [4.78, 5) is 11.4. The molecule has 0 unspecified atom stereocenters. The number of hydrogen-bond donors (Lipinski definition) is 2.